The molecule has 2 heterocycles. The Kier molecular flexibility index (Phi) is 4.84. The number of benzene rings is 1. The van der Waals surface area contributed by atoms with Crippen LogP contribution >= 0.6 is 23.7 Å². The van der Waals surface area contributed by atoms with Crippen molar-refractivity contribution in [2.45, 2.75) is 31.4 Å². The molecule has 0 saturated heterocycles. The van der Waals surface area contributed by atoms with Gasteiger partial charge in [-0.15, -0.1) is 23.7 Å². The average molecular weight is 365 g/mol. The van der Waals surface area contributed by atoms with Gasteiger partial charge in [0, 0.05) is 10.9 Å². The van der Waals surface area contributed by atoms with E-state index in [-0.39, 0.29) is 12.4 Å². The Bertz CT molecular complexity index is 802. The van der Waals surface area contributed by atoms with E-state index in [1.54, 1.807) is 16.8 Å². The monoisotopic (exact) mass is 364 g/mol. The minimum Gasteiger partial charge on any atom is -0.487 e. The topological polar surface area (TPSA) is 87.1 Å². The lowest BCUT2D eigenvalue weighted by atomic mass is 9.77. The van der Waals surface area contributed by atoms with E-state index in [1.165, 1.54) is 0 Å². The molecule has 1 saturated carbocycles. The summed E-state index contributed by atoms with van der Waals surface area (Å²) in [4.78, 5) is 8.65. The van der Waals surface area contributed by atoms with Crippen LogP contribution in [0.1, 0.15) is 30.8 Å². The molecule has 0 amide bonds. The van der Waals surface area contributed by atoms with E-state index < -0.39 is 5.54 Å². The van der Waals surface area contributed by atoms with Gasteiger partial charge in [0.15, 0.2) is 5.82 Å². The van der Waals surface area contributed by atoms with Crippen molar-refractivity contribution in [3.63, 3.8) is 0 Å². The Morgan fingerprint density at radius 2 is 2.21 bits per heavy atom. The van der Waals surface area contributed by atoms with Gasteiger partial charge in [-0.25, -0.2) is 4.98 Å². The van der Waals surface area contributed by atoms with Gasteiger partial charge in [0.25, 0.3) is 5.89 Å². The van der Waals surface area contributed by atoms with E-state index in [0.29, 0.717) is 18.3 Å². The summed E-state index contributed by atoms with van der Waals surface area (Å²) in [5.74, 6) is 1.80. The van der Waals surface area contributed by atoms with Gasteiger partial charge in [0.2, 0.25) is 0 Å². The van der Waals surface area contributed by atoms with Crippen molar-refractivity contribution in [2.75, 3.05) is 0 Å². The molecular formula is C16H17ClN4O2S. The molecular weight excluding hydrogens is 348 g/mol. The van der Waals surface area contributed by atoms with E-state index in [1.807, 2.05) is 29.6 Å². The van der Waals surface area contributed by atoms with E-state index in [9.17, 15) is 0 Å². The predicted molar refractivity (Wildman–Crippen MR) is 93.1 cm³/mol. The second-order valence-corrected chi connectivity index (χ2v) is 6.45. The number of nitrogens with two attached hydrogens (primary N) is 1. The summed E-state index contributed by atoms with van der Waals surface area (Å²) in [6.45, 7) is 0.438. The maximum absolute atomic E-state index is 6.23. The lowest BCUT2D eigenvalue weighted by Crippen LogP contribution is -2.44. The summed E-state index contributed by atoms with van der Waals surface area (Å²) >= 11 is 1.55. The highest BCUT2D eigenvalue weighted by molar-refractivity contribution is 7.07. The zero-order chi connectivity index (χ0) is 15.7. The molecule has 0 spiro atoms. The number of rotatable bonds is 5. The van der Waals surface area contributed by atoms with Gasteiger partial charge in [-0.2, -0.15) is 4.98 Å². The van der Waals surface area contributed by atoms with Crippen LogP contribution in [0.5, 0.6) is 5.75 Å². The fourth-order valence-electron chi connectivity index (χ4n) is 2.51. The molecule has 2 aromatic heterocycles. The highest BCUT2D eigenvalue weighted by Gasteiger charge is 2.39. The van der Waals surface area contributed by atoms with Crippen molar-refractivity contribution in [1.82, 2.24) is 15.1 Å². The zero-order valence-corrected chi connectivity index (χ0v) is 14.5. The fourth-order valence-corrected chi connectivity index (χ4v) is 3.05. The van der Waals surface area contributed by atoms with Gasteiger partial charge in [0.05, 0.1) is 16.7 Å². The average Bonchev–Trinajstić information content (AvgIpc) is 3.22. The summed E-state index contributed by atoms with van der Waals surface area (Å²) < 4.78 is 11.1. The first-order valence-corrected chi connectivity index (χ1v) is 8.41. The molecule has 1 aliphatic rings. The molecule has 4 rings (SSSR count). The Hall–Kier alpha value is -1.96. The van der Waals surface area contributed by atoms with Crippen molar-refractivity contribution in [1.29, 1.82) is 0 Å². The van der Waals surface area contributed by atoms with Crippen molar-refractivity contribution < 1.29 is 9.26 Å². The number of hydrogen-bond donors (Lipinski definition) is 1. The summed E-state index contributed by atoms with van der Waals surface area (Å²) in [6, 6.07) is 7.59. The Morgan fingerprint density at radius 3 is 2.92 bits per heavy atom. The Balaban J connectivity index is 0.00000169. The predicted octanol–water partition coefficient (Wildman–Crippen LogP) is 3.53. The van der Waals surface area contributed by atoms with Gasteiger partial charge in [-0.05, 0) is 37.5 Å². The molecule has 0 radical (unpaired) electrons. The minimum atomic E-state index is -0.416. The van der Waals surface area contributed by atoms with E-state index in [2.05, 4.69) is 15.1 Å². The molecule has 1 aliphatic carbocycles. The highest BCUT2D eigenvalue weighted by Crippen LogP contribution is 2.37. The third-order valence-electron chi connectivity index (χ3n) is 4.07. The van der Waals surface area contributed by atoms with Crippen LogP contribution in [0.4, 0.5) is 0 Å². The molecule has 0 aliphatic heterocycles. The van der Waals surface area contributed by atoms with Crippen LogP contribution in [-0.4, -0.2) is 15.1 Å². The molecule has 0 bridgehead atoms. The lowest BCUT2D eigenvalue weighted by molar-refractivity contribution is 0.229. The molecule has 1 aromatic carbocycles. The van der Waals surface area contributed by atoms with Crippen LogP contribution in [0.2, 0.25) is 0 Å². The maximum Gasteiger partial charge on any atom is 0.258 e. The maximum atomic E-state index is 6.23. The summed E-state index contributed by atoms with van der Waals surface area (Å²) in [6.07, 6.45) is 2.92. The van der Waals surface area contributed by atoms with E-state index in [4.69, 9.17) is 15.0 Å². The van der Waals surface area contributed by atoms with Crippen molar-refractivity contribution in [3.8, 4) is 17.2 Å². The molecule has 0 unspecified atom stereocenters. The lowest BCUT2D eigenvalue weighted by Gasteiger charge is -2.34. The molecule has 1 fully saturated rings. The van der Waals surface area contributed by atoms with Crippen LogP contribution in [0, 0.1) is 0 Å². The number of ether oxygens (including phenoxy) is 1. The van der Waals surface area contributed by atoms with Gasteiger partial charge < -0.3 is 15.0 Å². The zero-order valence-electron chi connectivity index (χ0n) is 12.8. The fraction of sp³-hybridized carbons (Fsp3) is 0.312. The Morgan fingerprint density at radius 1 is 1.33 bits per heavy atom. The molecule has 3 aromatic rings. The van der Waals surface area contributed by atoms with Crippen LogP contribution in [-0.2, 0) is 12.1 Å². The third-order valence-corrected chi connectivity index (χ3v) is 4.70. The van der Waals surface area contributed by atoms with Crippen molar-refractivity contribution in [2.24, 2.45) is 5.73 Å². The molecule has 2 N–H and O–H groups in total. The first kappa shape index (κ1) is 16.9. The molecule has 126 valence electrons. The SMILES string of the molecule is Cl.NC1(c2noc(-c3cccc(OCc4cscn4)c3)n2)CCC1. The standard InChI is InChI=1S/C16H16N4O2S.ClH/c17-16(5-2-6-16)15-19-14(22-20-15)11-3-1-4-13(7-11)21-8-12-9-23-10-18-12;/h1,3-4,7,9-10H,2,5-6,8,17H2;1H. The van der Waals surface area contributed by atoms with Gasteiger partial charge >= 0.3 is 0 Å². The molecule has 8 heteroatoms. The summed E-state index contributed by atoms with van der Waals surface area (Å²) in [7, 11) is 0. The highest BCUT2D eigenvalue weighted by atomic mass is 35.5. The van der Waals surface area contributed by atoms with Gasteiger partial charge in [0.1, 0.15) is 12.4 Å². The molecule has 24 heavy (non-hydrogen) atoms. The molecule has 0 atom stereocenters. The summed E-state index contributed by atoms with van der Waals surface area (Å²) in [5.41, 5.74) is 9.34. The third kappa shape index (κ3) is 3.28. The number of thiazole rings is 1. The van der Waals surface area contributed by atoms with Crippen molar-refractivity contribution >= 4 is 23.7 Å². The number of halogens is 1. The Labute approximate surface area is 149 Å². The van der Waals surface area contributed by atoms with Gasteiger partial charge in [-0.1, -0.05) is 11.2 Å². The van der Waals surface area contributed by atoms with Crippen LogP contribution in [0.25, 0.3) is 11.5 Å². The van der Waals surface area contributed by atoms with Gasteiger partial charge in [-0.3, -0.25) is 0 Å². The number of aromatic nitrogens is 3. The van der Waals surface area contributed by atoms with Crippen LogP contribution in [0.3, 0.4) is 0 Å². The quantitative estimate of drug-likeness (QED) is 0.745. The first-order valence-electron chi connectivity index (χ1n) is 7.46. The smallest absolute Gasteiger partial charge is 0.258 e. The number of nitrogens with zero attached hydrogens (tertiary/aromatic N) is 3. The van der Waals surface area contributed by atoms with E-state index >= 15 is 0 Å². The first-order chi connectivity index (χ1) is 11.2. The largest absolute Gasteiger partial charge is 0.487 e. The second kappa shape index (κ2) is 6.88. The normalized spacial score (nSPS) is 15.4. The van der Waals surface area contributed by atoms with Crippen LogP contribution < -0.4 is 10.5 Å². The second-order valence-electron chi connectivity index (χ2n) is 5.73. The molecule has 6 nitrogen and oxygen atoms in total. The minimum absolute atomic E-state index is 0. The van der Waals surface area contributed by atoms with E-state index in [0.717, 1.165) is 36.3 Å². The van der Waals surface area contributed by atoms with Crippen LogP contribution in [0.15, 0.2) is 39.7 Å². The number of hydrogen-bond acceptors (Lipinski definition) is 7. The van der Waals surface area contributed by atoms with Crippen molar-refractivity contribution in [3.05, 3.63) is 46.7 Å². The summed E-state index contributed by atoms with van der Waals surface area (Å²) in [5, 5.41) is 6.01.